The minimum atomic E-state index is -0.583. The van der Waals surface area contributed by atoms with E-state index in [0.29, 0.717) is 34.2 Å². The van der Waals surface area contributed by atoms with Crippen LogP contribution in [0.25, 0.3) is 11.1 Å². The maximum atomic E-state index is 11.9. The van der Waals surface area contributed by atoms with Crippen LogP contribution in [0.2, 0.25) is 5.02 Å². The third-order valence-electron chi connectivity index (χ3n) is 4.04. The number of rotatable bonds is 6. The fourth-order valence-electron chi connectivity index (χ4n) is 2.82. The number of aromatic nitrogens is 1. The number of benzene rings is 1. The topological polar surface area (TPSA) is 103 Å². The van der Waals surface area contributed by atoms with E-state index in [-0.39, 0.29) is 30.5 Å². The fraction of sp³-hybridized carbons (Fsp3) is 0.353. The van der Waals surface area contributed by atoms with Crippen molar-refractivity contribution in [2.45, 2.75) is 33.2 Å². The Morgan fingerprint density at radius 2 is 1.83 bits per heavy atom. The Bertz CT molecular complexity index is 754. The van der Waals surface area contributed by atoms with Crippen molar-refractivity contribution in [3.63, 3.8) is 0 Å². The van der Waals surface area contributed by atoms with Gasteiger partial charge in [-0.15, -0.1) is 0 Å². The molecule has 0 fully saturated rings. The number of aryl methyl sites for hydroxylation is 1. The van der Waals surface area contributed by atoms with Gasteiger partial charge in [-0.05, 0) is 28.7 Å². The Labute approximate surface area is 144 Å². The summed E-state index contributed by atoms with van der Waals surface area (Å²) >= 11 is 6.39. The summed E-state index contributed by atoms with van der Waals surface area (Å²) in [5.74, 6) is -0.583. The maximum absolute atomic E-state index is 11.9. The molecule has 1 heterocycles. The van der Waals surface area contributed by atoms with Gasteiger partial charge in [0.2, 0.25) is 0 Å². The minimum Gasteiger partial charge on any atom is -0.464 e. The average Bonchev–Trinajstić information content (AvgIpc) is 2.95. The molecule has 0 spiro atoms. The second-order valence-electron chi connectivity index (χ2n) is 5.22. The van der Waals surface area contributed by atoms with E-state index >= 15 is 0 Å². The first-order chi connectivity index (χ1) is 11.5. The Kier molecular flexibility index (Phi) is 6.01. The van der Waals surface area contributed by atoms with Crippen LogP contribution in [0.1, 0.15) is 39.8 Å². The first-order valence-electron chi connectivity index (χ1n) is 7.49. The molecule has 0 aliphatic heterocycles. The zero-order valence-corrected chi connectivity index (χ0v) is 14.3. The first-order valence-corrected chi connectivity index (χ1v) is 7.86. The lowest BCUT2D eigenvalue weighted by Gasteiger charge is -2.16. The fourth-order valence-corrected chi connectivity index (χ4v) is 3.16. The number of aliphatic hydroxyl groups is 3. The molecule has 7 heteroatoms. The lowest BCUT2D eigenvalue weighted by atomic mass is 9.92. The van der Waals surface area contributed by atoms with E-state index in [1.807, 2.05) is 6.92 Å². The van der Waals surface area contributed by atoms with Crippen molar-refractivity contribution in [2.24, 2.45) is 0 Å². The number of halogens is 1. The highest BCUT2D eigenvalue weighted by atomic mass is 35.5. The highest BCUT2D eigenvalue weighted by Crippen LogP contribution is 2.38. The molecule has 0 amide bonds. The monoisotopic (exact) mass is 353 g/mol. The van der Waals surface area contributed by atoms with Crippen LogP contribution in [-0.2, 0) is 31.0 Å². The number of ether oxygens (including phenoxy) is 1. The van der Waals surface area contributed by atoms with Gasteiger partial charge in [0.1, 0.15) is 5.69 Å². The Morgan fingerprint density at radius 3 is 2.33 bits per heavy atom. The highest BCUT2D eigenvalue weighted by Gasteiger charge is 2.24. The van der Waals surface area contributed by atoms with E-state index in [0.717, 1.165) is 5.69 Å². The molecule has 2 aromatic rings. The number of hydrogen-bond acceptors (Lipinski definition) is 5. The molecule has 24 heavy (non-hydrogen) atoms. The predicted octanol–water partition coefficient (Wildman–Crippen LogP) is 2.16. The molecule has 0 unspecified atom stereocenters. The van der Waals surface area contributed by atoms with E-state index in [2.05, 4.69) is 4.98 Å². The minimum absolute atomic E-state index is 0.145. The number of nitrogens with one attached hydrogen (secondary N) is 1. The Balaban J connectivity index is 2.77. The molecule has 0 atom stereocenters. The van der Waals surface area contributed by atoms with Gasteiger partial charge in [0.05, 0.1) is 32.0 Å². The number of H-pyrrole nitrogens is 1. The van der Waals surface area contributed by atoms with Crippen molar-refractivity contribution in [1.82, 2.24) is 4.98 Å². The van der Waals surface area contributed by atoms with E-state index in [1.165, 1.54) is 7.11 Å². The molecule has 0 radical (unpaired) electrons. The van der Waals surface area contributed by atoms with Gasteiger partial charge in [0, 0.05) is 11.3 Å². The molecule has 1 aromatic carbocycles. The smallest absolute Gasteiger partial charge is 0.356 e. The molecule has 0 bridgehead atoms. The van der Waals surface area contributed by atoms with Gasteiger partial charge < -0.3 is 25.0 Å². The summed E-state index contributed by atoms with van der Waals surface area (Å²) in [6, 6.07) is 3.38. The SMILES string of the molecule is CCc1[nH]c(C(=O)OC)c(Cl)c1-c1ccc(CO)c(CO)c1CO. The van der Waals surface area contributed by atoms with Gasteiger partial charge in [-0.25, -0.2) is 4.79 Å². The number of methoxy groups -OCH3 is 1. The van der Waals surface area contributed by atoms with Crippen LogP contribution in [0.5, 0.6) is 0 Å². The summed E-state index contributed by atoms with van der Waals surface area (Å²) in [5, 5.41) is 29.0. The molecule has 0 saturated carbocycles. The lowest BCUT2D eigenvalue weighted by Crippen LogP contribution is -2.04. The standard InChI is InChI=1S/C17H20ClNO5/c1-3-13-14(15(18)16(19-13)17(23)24-2)10-5-4-9(6-20)11(7-21)12(10)8-22/h4-5,19-22H,3,6-8H2,1-2H3. The van der Waals surface area contributed by atoms with Crippen LogP contribution in [0.15, 0.2) is 12.1 Å². The Morgan fingerprint density at radius 1 is 1.17 bits per heavy atom. The van der Waals surface area contributed by atoms with Crippen LogP contribution >= 0.6 is 11.6 Å². The zero-order chi connectivity index (χ0) is 17.9. The van der Waals surface area contributed by atoms with Gasteiger partial charge in [0.25, 0.3) is 0 Å². The van der Waals surface area contributed by atoms with Crippen LogP contribution in [0, 0.1) is 0 Å². The third-order valence-corrected chi connectivity index (χ3v) is 4.42. The first kappa shape index (κ1) is 18.5. The number of aromatic amines is 1. The number of carbonyl (C=O) groups excluding carboxylic acids is 1. The van der Waals surface area contributed by atoms with Gasteiger partial charge in [-0.2, -0.15) is 0 Å². The average molecular weight is 354 g/mol. The molecule has 2 rings (SSSR count). The number of aliphatic hydroxyl groups excluding tert-OH is 3. The number of carbonyl (C=O) groups is 1. The van der Waals surface area contributed by atoms with E-state index in [4.69, 9.17) is 16.3 Å². The molecule has 4 N–H and O–H groups in total. The maximum Gasteiger partial charge on any atom is 0.356 e. The summed E-state index contributed by atoms with van der Waals surface area (Å²) < 4.78 is 4.73. The molecule has 0 aliphatic carbocycles. The van der Waals surface area contributed by atoms with Crippen LogP contribution in [-0.4, -0.2) is 33.4 Å². The molecule has 6 nitrogen and oxygen atoms in total. The summed E-state index contributed by atoms with van der Waals surface area (Å²) in [7, 11) is 1.27. The van der Waals surface area contributed by atoms with Crippen molar-refractivity contribution in [3.8, 4) is 11.1 Å². The van der Waals surface area contributed by atoms with Gasteiger partial charge in [-0.3, -0.25) is 0 Å². The van der Waals surface area contributed by atoms with Crippen LogP contribution < -0.4 is 0 Å². The normalized spacial score (nSPS) is 10.9. The molecule has 1 aromatic heterocycles. The predicted molar refractivity (Wildman–Crippen MR) is 89.7 cm³/mol. The van der Waals surface area contributed by atoms with E-state index < -0.39 is 5.97 Å². The molecular weight excluding hydrogens is 334 g/mol. The zero-order valence-electron chi connectivity index (χ0n) is 13.5. The van der Waals surface area contributed by atoms with Crippen molar-refractivity contribution >= 4 is 17.6 Å². The van der Waals surface area contributed by atoms with Gasteiger partial charge in [0.15, 0.2) is 0 Å². The van der Waals surface area contributed by atoms with Crippen molar-refractivity contribution < 1.29 is 24.9 Å². The second kappa shape index (κ2) is 7.81. The molecule has 130 valence electrons. The summed E-state index contributed by atoms with van der Waals surface area (Å²) in [6.45, 7) is 0.989. The van der Waals surface area contributed by atoms with Gasteiger partial charge >= 0.3 is 5.97 Å². The van der Waals surface area contributed by atoms with Crippen molar-refractivity contribution in [2.75, 3.05) is 7.11 Å². The highest BCUT2D eigenvalue weighted by molar-refractivity contribution is 6.36. The summed E-state index contributed by atoms with van der Waals surface area (Å²) in [6.07, 6.45) is 0.577. The van der Waals surface area contributed by atoms with E-state index in [9.17, 15) is 20.1 Å². The molecule has 0 aliphatic rings. The second-order valence-corrected chi connectivity index (χ2v) is 5.59. The summed E-state index contributed by atoms with van der Waals surface area (Å²) in [5.41, 5.74) is 3.51. The van der Waals surface area contributed by atoms with Crippen LogP contribution in [0.4, 0.5) is 0 Å². The quantitative estimate of drug-likeness (QED) is 0.596. The van der Waals surface area contributed by atoms with Crippen molar-refractivity contribution in [1.29, 1.82) is 0 Å². The van der Waals surface area contributed by atoms with Gasteiger partial charge in [-0.1, -0.05) is 30.7 Å². The molecular formula is C17H20ClNO5. The number of hydrogen-bond donors (Lipinski definition) is 4. The van der Waals surface area contributed by atoms with Crippen molar-refractivity contribution in [3.05, 3.63) is 45.2 Å². The lowest BCUT2D eigenvalue weighted by molar-refractivity contribution is 0.0595. The molecule has 0 saturated heterocycles. The summed E-state index contributed by atoms with van der Waals surface area (Å²) in [4.78, 5) is 14.8. The van der Waals surface area contributed by atoms with E-state index in [1.54, 1.807) is 12.1 Å². The largest absolute Gasteiger partial charge is 0.464 e. The third kappa shape index (κ3) is 3.06. The Hall–Kier alpha value is -1.86. The van der Waals surface area contributed by atoms with Crippen LogP contribution in [0.3, 0.4) is 0 Å². The number of esters is 1.